The van der Waals surface area contributed by atoms with E-state index in [0.717, 1.165) is 6.07 Å². The summed E-state index contributed by atoms with van der Waals surface area (Å²) in [4.78, 5) is 14.9. The van der Waals surface area contributed by atoms with Crippen LogP contribution in [0.5, 0.6) is 0 Å². The fourth-order valence-electron chi connectivity index (χ4n) is 3.31. The zero-order chi connectivity index (χ0) is 19.3. The monoisotopic (exact) mass is 380 g/mol. The van der Waals surface area contributed by atoms with Gasteiger partial charge in [-0.1, -0.05) is 0 Å². The number of aliphatic hydroxyl groups excluding tert-OH is 1. The molecular weight excluding hydrogens is 366 g/mol. The summed E-state index contributed by atoms with van der Waals surface area (Å²) in [5.74, 6) is 0. The summed E-state index contributed by atoms with van der Waals surface area (Å²) >= 11 is 0. The van der Waals surface area contributed by atoms with Gasteiger partial charge >= 0.3 is 12.4 Å². The molecule has 2 aromatic rings. The van der Waals surface area contributed by atoms with Crippen LogP contribution in [-0.2, 0) is 6.18 Å². The van der Waals surface area contributed by atoms with Gasteiger partial charge in [-0.05, 0) is 31.0 Å². The molecule has 1 saturated heterocycles. The van der Waals surface area contributed by atoms with Crippen molar-refractivity contribution in [1.29, 1.82) is 0 Å². The predicted molar refractivity (Wildman–Crippen MR) is 82.0 cm³/mol. The van der Waals surface area contributed by atoms with Crippen LogP contribution in [0.15, 0.2) is 29.1 Å². The van der Waals surface area contributed by atoms with E-state index in [9.17, 15) is 36.2 Å². The summed E-state index contributed by atoms with van der Waals surface area (Å²) in [6, 6.07) is 2.79. The fraction of sp³-hybridized carbons (Fsp3) is 0.438. The van der Waals surface area contributed by atoms with Crippen molar-refractivity contribution in [2.24, 2.45) is 0 Å². The molecule has 1 aromatic heterocycles. The van der Waals surface area contributed by atoms with Crippen LogP contribution in [0.2, 0.25) is 0 Å². The summed E-state index contributed by atoms with van der Waals surface area (Å²) in [6.07, 6.45) is -11.8. The Kier molecular flexibility index (Phi) is 4.41. The van der Waals surface area contributed by atoms with Gasteiger partial charge in [0.25, 0.3) is 0 Å². The predicted octanol–water partition coefficient (Wildman–Crippen LogP) is 3.44. The molecule has 3 rings (SSSR count). The van der Waals surface area contributed by atoms with Gasteiger partial charge in [-0.25, -0.2) is 0 Å². The molecule has 4 nitrogen and oxygen atoms in total. The van der Waals surface area contributed by atoms with Crippen molar-refractivity contribution in [3.05, 3.63) is 40.2 Å². The average Bonchev–Trinajstić information content (AvgIpc) is 3.00. The Hall–Kier alpha value is -2.23. The number of hydrogen-bond acceptors (Lipinski definition) is 3. The second-order valence-electron chi connectivity index (χ2n) is 6.16. The van der Waals surface area contributed by atoms with E-state index in [2.05, 4.69) is 4.98 Å². The van der Waals surface area contributed by atoms with Gasteiger partial charge in [0.2, 0.25) is 5.56 Å². The molecule has 2 atom stereocenters. The van der Waals surface area contributed by atoms with Gasteiger partial charge in [0, 0.05) is 29.2 Å². The molecule has 0 bridgehead atoms. The molecule has 0 spiro atoms. The first-order valence-corrected chi connectivity index (χ1v) is 7.74. The fourth-order valence-corrected chi connectivity index (χ4v) is 3.31. The number of aromatic nitrogens is 1. The third-order valence-electron chi connectivity index (χ3n) is 4.46. The van der Waals surface area contributed by atoms with Crippen LogP contribution >= 0.6 is 0 Å². The van der Waals surface area contributed by atoms with Crippen molar-refractivity contribution in [3.63, 3.8) is 0 Å². The molecule has 10 heteroatoms. The molecule has 0 saturated carbocycles. The number of benzene rings is 1. The Morgan fingerprint density at radius 1 is 1.15 bits per heavy atom. The third kappa shape index (κ3) is 3.37. The zero-order valence-electron chi connectivity index (χ0n) is 13.2. The largest absolute Gasteiger partial charge is 0.417 e. The Morgan fingerprint density at radius 3 is 2.46 bits per heavy atom. The van der Waals surface area contributed by atoms with Gasteiger partial charge in [-0.15, -0.1) is 0 Å². The Bertz CT molecular complexity index is 874. The SMILES string of the molecule is O=c1cc(C(F)(F)F)c2cc(N3CCC[C@H]3[C@H](O)C(F)(F)F)ccc2[nH]1. The van der Waals surface area contributed by atoms with Crippen molar-refractivity contribution in [2.75, 3.05) is 11.4 Å². The van der Waals surface area contributed by atoms with Crippen LogP contribution in [0.25, 0.3) is 10.9 Å². The number of halogens is 6. The third-order valence-corrected chi connectivity index (χ3v) is 4.46. The number of aromatic amines is 1. The number of fused-ring (bicyclic) bond motifs is 1. The minimum atomic E-state index is -4.83. The lowest BCUT2D eigenvalue weighted by Gasteiger charge is -2.31. The zero-order valence-corrected chi connectivity index (χ0v) is 13.2. The number of hydrogen-bond donors (Lipinski definition) is 2. The number of rotatable bonds is 2. The Balaban J connectivity index is 2.09. The molecular formula is C16H14F6N2O2. The number of H-pyrrole nitrogens is 1. The van der Waals surface area contributed by atoms with E-state index in [1.807, 2.05) is 0 Å². The van der Waals surface area contributed by atoms with Crippen molar-refractivity contribution in [3.8, 4) is 0 Å². The number of anilines is 1. The van der Waals surface area contributed by atoms with Gasteiger partial charge in [0.05, 0.1) is 11.6 Å². The van der Waals surface area contributed by atoms with Crippen LogP contribution < -0.4 is 10.5 Å². The normalized spacial score (nSPS) is 20.0. The molecule has 1 fully saturated rings. The van der Waals surface area contributed by atoms with Crippen LogP contribution in [-0.4, -0.2) is 35.0 Å². The van der Waals surface area contributed by atoms with E-state index in [0.29, 0.717) is 12.5 Å². The molecule has 1 aliphatic heterocycles. The van der Waals surface area contributed by atoms with Crippen LogP contribution in [0.1, 0.15) is 18.4 Å². The second kappa shape index (κ2) is 6.19. The van der Waals surface area contributed by atoms with Crippen molar-refractivity contribution < 1.29 is 31.4 Å². The van der Waals surface area contributed by atoms with Gasteiger partial charge in [0.1, 0.15) is 0 Å². The highest BCUT2D eigenvalue weighted by Crippen LogP contribution is 2.37. The highest BCUT2D eigenvalue weighted by Gasteiger charge is 2.47. The molecule has 0 radical (unpaired) electrons. The Morgan fingerprint density at radius 2 is 1.85 bits per heavy atom. The minimum absolute atomic E-state index is 0.0659. The van der Waals surface area contributed by atoms with Crippen LogP contribution in [0.4, 0.5) is 32.0 Å². The number of pyridine rings is 1. The van der Waals surface area contributed by atoms with E-state index in [1.165, 1.54) is 17.0 Å². The topological polar surface area (TPSA) is 56.3 Å². The van der Waals surface area contributed by atoms with E-state index in [4.69, 9.17) is 0 Å². The number of aliphatic hydroxyl groups is 1. The van der Waals surface area contributed by atoms with E-state index in [-0.39, 0.29) is 29.6 Å². The van der Waals surface area contributed by atoms with Crippen molar-refractivity contribution in [1.82, 2.24) is 4.98 Å². The van der Waals surface area contributed by atoms with Crippen molar-refractivity contribution >= 4 is 16.6 Å². The lowest BCUT2D eigenvalue weighted by atomic mass is 10.1. The minimum Gasteiger partial charge on any atom is -0.382 e. The Labute approximate surface area is 143 Å². The molecule has 142 valence electrons. The maximum atomic E-state index is 13.2. The van der Waals surface area contributed by atoms with Crippen LogP contribution in [0.3, 0.4) is 0 Å². The molecule has 26 heavy (non-hydrogen) atoms. The van der Waals surface area contributed by atoms with E-state index < -0.39 is 35.6 Å². The number of nitrogens with one attached hydrogen (secondary N) is 1. The van der Waals surface area contributed by atoms with Crippen molar-refractivity contribution in [2.45, 2.75) is 37.3 Å². The van der Waals surface area contributed by atoms with E-state index in [1.54, 1.807) is 0 Å². The van der Waals surface area contributed by atoms with Gasteiger partial charge in [-0.3, -0.25) is 4.79 Å². The molecule has 2 heterocycles. The lowest BCUT2D eigenvalue weighted by molar-refractivity contribution is -0.209. The van der Waals surface area contributed by atoms with Gasteiger partial charge < -0.3 is 15.0 Å². The molecule has 1 aliphatic rings. The van der Waals surface area contributed by atoms with Gasteiger partial charge in [-0.2, -0.15) is 26.3 Å². The summed E-state index contributed by atoms with van der Waals surface area (Å²) in [6.45, 7) is 0.175. The highest BCUT2D eigenvalue weighted by molar-refractivity contribution is 5.86. The maximum Gasteiger partial charge on any atom is 0.417 e. The summed E-state index contributed by atoms with van der Waals surface area (Å²) in [5.41, 5.74) is -2.03. The molecule has 2 N–H and O–H groups in total. The average molecular weight is 380 g/mol. The second-order valence-corrected chi connectivity index (χ2v) is 6.16. The smallest absolute Gasteiger partial charge is 0.382 e. The van der Waals surface area contributed by atoms with Crippen LogP contribution in [0, 0.1) is 0 Å². The molecule has 0 aliphatic carbocycles. The molecule has 1 aromatic carbocycles. The lowest BCUT2D eigenvalue weighted by Crippen LogP contribution is -2.47. The first kappa shape index (κ1) is 18.6. The summed E-state index contributed by atoms with van der Waals surface area (Å²) in [5, 5.41) is 9.24. The number of alkyl halides is 6. The van der Waals surface area contributed by atoms with E-state index >= 15 is 0 Å². The first-order chi connectivity index (χ1) is 12.0. The number of nitrogens with zero attached hydrogens (tertiary/aromatic N) is 1. The molecule has 0 amide bonds. The first-order valence-electron chi connectivity index (χ1n) is 7.74. The summed E-state index contributed by atoms with van der Waals surface area (Å²) < 4.78 is 78.2. The van der Waals surface area contributed by atoms with Gasteiger partial charge in [0.15, 0.2) is 6.10 Å². The standard InChI is InChI=1S/C16H14F6N2O2/c17-15(18,19)10-7-13(25)23-11-4-3-8(6-9(10)11)24-5-1-2-12(24)14(26)16(20,21)22/h3-4,6-7,12,14,26H,1-2,5H2,(H,23,25)/t12-,14-/m0/s1. The quantitative estimate of drug-likeness (QED) is 0.785. The summed E-state index contributed by atoms with van der Waals surface area (Å²) in [7, 11) is 0. The highest BCUT2D eigenvalue weighted by atomic mass is 19.4. The molecule has 0 unspecified atom stereocenters. The maximum absolute atomic E-state index is 13.2.